The van der Waals surface area contributed by atoms with Gasteiger partial charge in [0, 0.05) is 31.0 Å². The average molecular weight is 408 g/mol. The lowest BCUT2D eigenvalue weighted by Crippen LogP contribution is -2.41. The molecule has 7 nitrogen and oxygen atoms in total. The number of fused-ring (bicyclic) bond motifs is 1. The van der Waals surface area contributed by atoms with Gasteiger partial charge in [0.1, 0.15) is 11.2 Å². The Bertz CT molecular complexity index is 1090. The molecule has 0 saturated heterocycles. The first-order valence-electron chi connectivity index (χ1n) is 8.26. The predicted molar refractivity (Wildman–Crippen MR) is 107 cm³/mol. The third-order valence-electron chi connectivity index (χ3n) is 3.98. The number of hydrogen-bond donors (Lipinski definition) is 1. The van der Waals surface area contributed by atoms with Crippen molar-refractivity contribution in [1.29, 1.82) is 0 Å². The number of carbonyl (C=O) groups excluding carboxylic acids is 1. The van der Waals surface area contributed by atoms with Gasteiger partial charge in [-0.1, -0.05) is 17.7 Å². The van der Waals surface area contributed by atoms with E-state index in [2.05, 4.69) is 5.32 Å². The summed E-state index contributed by atoms with van der Waals surface area (Å²) in [4.78, 5) is 37.9. The number of anilines is 1. The minimum atomic E-state index is -0.511. The molecule has 2 heterocycles. The highest BCUT2D eigenvalue weighted by Crippen LogP contribution is 2.17. The Balaban J connectivity index is 1.93. The van der Waals surface area contributed by atoms with Gasteiger partial charge in [0.25, 0.3) is 5.56 Å². The Morgan fingerprint density at radius 2 is 2.07 bits per heavy atom. The number of amides is 1. The number of nitrogens with one attached hydrogen (secondary N) is 1. The van der Waals surface area contributed by atoms with Crippen molar-refractivity contribution in [1.82, 2.24) is 9.13 Å². The number of ether oxygens (including phenoxy) is 1. The van der Waals surface area contributed by atoms with Crippen LogP contribution in [0.3, 0.4) is 0 Å². The van der Waals surface area contributed by atoms with Crippen LogP contribution in [0.4, 0.5) is 5.69 Å². The fourth-order valence-corrected chi connectivity index (χ4v) is 3.79. The molecule has 0 saturated carbocycles. The lowest BCUT2D eigenvalue weighted by molar-refractivity contribution is -0.116. The van der Waals surface area contributed by atoms with Gasteiger partial charge in [0.2, 0.25) is 5.91 Å². The van der Waals surface area contributed by atoms with E-state index in [-0.39, 0.29) is 24.6 Å². The zero-order valence-corrected chi connectivity index (χ0v) is 16.2. The molecule has 27 heavy (non-hydrogen) atoms. The molecule has 3 rings (SSSR count). The van der Waals surface area contributed by atoms with Gasteiger partial charge in [-0.15, -0.1) is 11.3 Å². The first kappa shape index (κ1) is 19.3. The lowest BCUT2D eigenvalue weighted by atomic mass is 10.3. The van der Waals surface area contributed by atoms with Crippen LogP contribution in [0.2, 0.25) is 5.02 Å². The number of halogens is 1. The SMILES string of the molecule is COCCCn1c(=O)c2sccc2n(CC(=O)Nc2cccc(Cl)c2)c1=O. The monoisotopic (exact) mass is 407 g/mol. The summed E-state index contributed by atoms with van der Waals surface area (Å²) in [7, 11) is 1.56. The molecule has 0 aliphatic heterocycles. The first-order valence-corrected chi connectivity index (χ1v) is 9.52. The summed E-state index contributed by atoms with van der Waals surface area (Å²) >= 11 is 7.17. The van der Waals surface area contributed by atoms with Crippen molar-refractivity contribution >= 4 is 44.7 Å². The average Bonchev–Trinajstić information content (AvgIpc) is 3.11. The second-order valence-electron chi connectivity index (χ2n) is 5.87. The standard InChI is InChI=1S/C18H18ClN3O4S/c1-26-8-3-7-21-17(24)16-14(6-9-27-16)22(18(21)25)11-15(23)20-13-5-2-4-12(19)10-13/h2,4-6,9-10H,3,7-8,11H2,1H3,(H,20,23). The fourth-order valence-electron chi connectivity index (χ4n) is 2.76. The molecule has 0 radical (unpaired) electrons. The molecule has 0 fully saturated rings. The van der Waals surface area contributed by atoms with E-state index in [0.29, 0.717) is 34.0 Å². The van der Waals surface area contributed by atoms with Gasteiger partial charge in [-0.2, -0.15) is 0 Å². The van der Waals surface area contributed by atoms with Crippen LogP contribution in [0, 0.1) is 0 Å². The molecular weight excluding hydrogens is 390 g/mol. The third-order valence-corrected chi connectivity index (χ3v) is 5.10. The smallest absolute Gasteiger partial charge is 0.332 e. The number of rotatable bonds is 7. The van der Waals surface area contributed by atoms with Crippen LogP contribution >= 0.6 is 22.9 Å². The van der Waals surface area contributed by atoms with Gasteiger partial charge in [-0.3, -0.25) is 18.7 Å². The largest absolute Gasteiger partial charge is 0.385 e. The summed E-state index contributed by atoms with van der Waals surface area (Å²) in [5.74, 6) is -0.381. The van der Waals surface area contributed by atoms with Crippen molar-refractivity contribution in [2.24, 2.45) is 0 Å². The van der Waals surface area contributed by atoms with Crippen LogP contribution in [0.1, 0.15) is 6.42 Å². The molecule has 0 aliphatic carbocycles. The topological polar surface area (TPSA) is 82.3 Å². The van der Waals surface area contributed by atoms with Crippen LogP contribution in [-0.2, 0) is 22.6 Å². The van der Waals surface area contributed by atoms with Crippen LogP contribution in [0.5, 0.6) is 0 Å². The molecule has 2 aromatic heterocycles. The van der Waals surface area contributed by atoms with E-state index < -0.39 is 5.69 Å². The van der Waals surface area contributed by atoms with Gasteiger partial charge < -0.3 is 10.1 Å². The van der Waals surface area contributed by atoms with Gasteiger partial charge in [-0.05, 0) is 36.1 Å². The Labute approximate surface area is 163 Å². The van der Waals surface area contributed by atoms with Crippen molar-refractivity contribution in [2.75, 3.05) is 19.0 Å². The second-order valence-corrected chi connectivity index (χ2v) is 7.22. The maximum atomic E-state index is 12.8. The Morgan fingerprint density at radius 1 is 1.26 bits per heavy atom. The molecule has 142 valence electrons. The summed E-state index contributed by atoms with van der Waals surface area (Å²) < 4.78 is 7.91. The number of carbonyl (C=O) groups is 1. The molecule has 0 atom stereocenters. The minimum Gasteiger partial charge on any atom is -0.385 e. The number of nitrogens with zero attached hydrogens (tertiary/aromatic N) is 2. The van der Waals surface area contributed by atoms with Crippen LogP contribution in [-0.4, -0.2) is 28.8 Å². The van der Waals surface area contributed by atoms with E-state index in [1.807, 2.05) is 0 Å². The molecular formula is C18H18ClN3O4S. The Kier molecular flexibility index (Phi) is 6.10. The van der Waals surface area contributed by atoms with Crippen LogP contribution in [0.15, 0.2) is 45.3 Å². The molecule has 9 heteroatoms. The maximum Gasteiger partial charge on any atom is 0.332 e. The molecule has 0 unspecified atom stereocenters. The quantitative estimate of drug-likeness (QED) is 0.610. The highest BCUT2D eigenvalue weighted by molar-refractivity contribution is 7.17. The van der Waals surface area contributed by atoms with Gasteiger partial charge in [-0.25, -0.2) is 4.79 Å². The maximum absolute atomic E-state index is 12.8. The second kappa shape index (κ2) is 8.51. The highest BCUT2D eigenvalue weighted by Gasteiger charge is 2.16. The van der Waals surface area contributed by atoms with Crippen molar-refractivity contribution in [3.05, 3.63) is 61.6 Å². The summed E-state index contributed by atoms with van der Waals surface area (Å²) in [6.45, 7) is 0.460. The summed E-state index contributed by atoms with van der Waals surface area (Å²) in [5.41, 5.74) is 0.144. The molecule has 1 aromatic carbocycles. The summed E-state index contributed by atoms with van der Waals surface area (Å²) in [6, 6.07) is 8.42. The van der Waals surface area contributed by atoms with E-state index >= 15 is 0 Å². The van der Waals surface area contributed by atoms with Crippen LogP contribution < -0.4 is 16.6 Å². The van der Waals surface area contributed by atoms with Gasteiger partial charge in [0.05, 0.1) is 5.52 Å². The lowest BCUT2D eigenvalue weighted by Gasteiger charge is -2.12. The zero-order chi connectivity index (χ0) is 19.4. The number of thiophene rings is 1. The van der Waals surface area contributed by atoms with Crippen molar-refractivity contribution in [3.8, 4) is 0 Å². The van der Waals surface area contributed by atoms with E-state index in [1.54, 1.807) is 42.8 Å². The Morgan fingerprint density at radius 3 is 2.81 bits per heavy atom. The van der Waals surface area contributed by atoms with Crippen molar-refractivity contribution in [2.45, 2.75) is 19.5 Å². The highest BCUT2D eigenvalue weighted by atomic mass is 35.5. The van der Waals surface area contributed by atoms with E-state index in [1.165, 1.54) is 15.9 Å². The number of methoxy groups -OCH3 is 1. The predicted octanol–water partition coefficient (Wildman–Crippen LogP) is 2.55. The van der Waals surface area contributed by atoms with Crippen molar-refractivity contribution in [3.63, 3.8) is 0 Å². The van der Waals surface area contributed by atoms with E-state index in [4.69, 9.17) is 16.3 Å². The van der Waals surface area contributed by atoms with Crippen LogP contribution in [0.25, 0.3) is 10.2 Å². The number of benzene rings is 1. The van der Waals surface area contributed by atoms with Crippen molar-refractivity contribution < 1.29 is 9.53 Å². The molecule has 1 N–H and O–H groups in total. The number of hydrogen-bond acceptors (Lipinski definition) is 5. The number of aromatic nitrogens is 2. The third kappa shape index (κ3) is 4.29. The molecule has 0 bridgehead atoms. The molecule has 3 aromatic rings. The molecule has 1 amide bonds. The summed E-state index contributed by atoms with van der Waals surface area (Å²) in [6.07, 6.45) is 0.525. The Hall–Kier alpha value is -2.42. The zero-order valence-electron chi connectivity index (χ0n) is 14.6. The molecule has 0 spiro atoms. The molecule has 0 aliphatic rings. The normalized spacial score (nSPS) is 11.0. The summed E-state index contributed by atoms with van der Waals surface area (Å²) in [5, 5.41) is 4.94. The van der Waals surface area contributed by atoms with Gasteiger partial charge in [0.15, 0.2) is 0 Å². The first-order chi connectivity index (χ1) is 13.0. The van der Waals surface area contributed by atoms with E-state index in [9.17, 15) is 14.4 Å². The minimum absolute atomic E-state index is 0.205. The van der Waals surface area contributed by atoms with Gasteiger partial charge >= 0.3 is 5.69 Å². The van der Waals surface area contributed by atoms with E-state index in [0.717, 1.165) is 4.57 Å². The fraction of sp³-hybridized carbons (Fsp3) is 0.278.